The lowest BCUT2D eigenvalue weighted by molar-refractivity contribution is 0.0314. The number of nitrogens with zero attached hydrogens (tertiary/aromatic N) is 2. The maximum Gasteiger partial charge on any atom is 0.134 e. The molecule has 0 aromatic carbocycles. The van der Waals surface area contributed by atoms with Crippen LogP contribution in [0.5, 0.6) is 0 Å². The van der Waals surface area contributed by atoms with Gasteiger partial charge in [0.15, 0.2) is 0 Å². The standard InChI is InChI=1S/C13H20BrN3O/c1-9(2)12-16-10(14)7-11(17-12)15-8-13(3)5-4-6-18-13/h7,9H,4-6,8H2,1-3H3,(H,15,16,17). The van der Waals surface area contributed by atoms with E-state index in [-0.39, 0.29) is 5.60 Å². The molecule has 1 N–H and O–H groups in total. The number of nitrogens with one attached hydrogen (secondary N) is 1. The SMILES string of the molecule is CC(C)c1nc(Br)cc(NCC2(C)CCCO2)n1. The second kappa shape index (κ2) is 5.53. The van der Waals surface area contributed by atoms with Crippen molar-refractivity contribution in [3.05, 3.63) is 16.5 Å². The fourth-order valence-electron chi connectivity index (χ4n) is 2.04. The first-order chi connectivity index (χ1) is 8.48. The van der Waals surface area contributed by atoms with Gasteiger partial charge in [0.25, 0.3) is 0 Å². The van der Waals surface area contributed by atoms with Crippen LogP contribution in [0.15, 0.2) is 10.7 Å². The molecule has 2 rings (SSSR count). The average molecular weight is 314 g/mol. The summed E-state index contributed by atoms with van der Waals surface area (Å²) >= 11 is 3.43. The van der Waals surface area contributed by atoms with E-state index in [1.54, 1.807) is 0 Å². The summed E-state index contributed by atoms with van der Waals surface area (Å²) in [7, 11) is 0. The second-order valence-corrected chi connectivity index (χ2v) is 6.16. The molecule has 1 aromatic heterocycles. The Hall–Kier alpha value is -0.680. The van der Waals surface area contributed by atoms with Gasteiger partial charge in [0.05, 0.1) is 5.60 Å². The van der Waals surface area contributed by atoms with E-state index in [0.717, 1.165) is 42.2 Å². The lowest BCUT2D eigenvalue weighted by atomic mass is 10.0. The van der Waals surface area contributed by atoms with Crippen LogP contribution in [0.4, 0.5) is 5.82 Å². The Bertz CT molecular complexity index is 417. The minimum Gasteiger partial charge on any atom is -0.373 e. The molecule has 1 aromatic rings. The first-order valence-corrected chi connectivity index (χ1v) is 7.20. The number of hydrogen-bond donors (Lipinski definition) is 1. The first kappa shape index (κ1) is 13.7. The molecule has 1 atom stereocenters. The van der Waals surface area contributed by atoms with Crippen molar-refractivity contribution in [1.29, 1.82) is 0 Å². The molecule has 0 aliphatic carbocycles. The summed E-state index contributed by atoms with van der Waals surface area (Å²) in [4.78, 5) is 8.88. The van der Waals surface area contributed by atoms with Gasteiger partial charge in [0.1, 0.15) is 16.2 Å². The molecule has 0 bridgehead atoms. The lowest BCUT2D eigenvalue weighted by Gasteiger charge is -2.23. The topological polar surface area (TPSA) is 47.0 Å². The molecule has 2 heterocycles. The third-order valence-electron chi connectivity index (χ3n) is 3.17. The monoisotopic (exact) mass is 313 g/mol. The maximum absolute atomic E-state index is 5.75. The van der Waals surface area contributed by atoms with E-state index in [4.69, 9.17) is 4.74 Å². The van der Waals surface area contributed by atoms with E-state index in [2.05, 4.69) is 52.0 Å². The molecule has 1 aliphatic heterocycles. The molecule has 18 heavy (non-hydrogen) atoms. The molecule has 100 valence electrons. The molecule has 1 unspecified atom stereocenters. The highest BCUT2D eigenvalue weighted by atomic mass is 79.9. The molecule has 1 fully saturated rings. The summed E-state index contributed by atoms with van der Waals surface area (Å²) in [5.74, 6) is 2.03. The zero-order chi connectivity index (χ0) is 13.2. The average Bonchev–Trinajstić information content (AvgIpc) is 2.73. The normalized spacial score (nSPS) is 23.6. The second-order valence-electron chi connectivity index (χ2n) is 5.34. The van der Waals surface area contributed by atoms with Crippen LogP contribution in [0.25, 0.3) is 0 Å². The summed E-state index contributed by atoms with van der Waals surface area (Å²) in [5, 5.41) is 3.36. The Morgan fingerprint density at radius 1 is 1.50 bits per heavy atom. The number of hydrogen-bond acceptors (Lipinski definition) is 4. The third kappa shape index (κ3) is 3.42. The van der Waals surface area contributed by atoms with Gasteiger partial charge < -0.3 is 10.1 Å². The van der Waals surface area contributed by atoms with Gasteiger partial charge in [-0.15, -0.1) is 0 Å². The summed E-state index contributed by atoms with van der Waals surface area (Å²) in [6, 6.07) is 1.91. The quantitative estimate of drug-likeness (QED) is 0.866. The number of rotatable bonds is 4. The fourth-order valence-corrected chi connectivity index (χ4v) is 2.44. The highest BCUT2D eigenvalue weighted by Crippen LogP contribution is 2.25. The van der Waals surface area contributed by atoms with Gasteiger partial charge in [-0.3, -0.25) is 0 Å². The predicted molar refractivity (Wildman–Crippen MR) is 75.9 cm³/mol. The van der Waals surface area contributed by atoms with Crippen LogP contribution in [0.2, 0.25) is 0 Å². The summed E-state index contributed by atoms with van der Waals surface area (Å²) < 4.78 is 6.57. The van der Waals surface area contributed by atoms with Crippen LogP contribution in [0.3, 0.4) is 0 Å². The largest absolute Gasteiger partial charge is 0.373 e. The molecule has 1 aliphatic rings. The van der Waals surface area contributed by atoms with Gasteiger partial charge in [-0.05, 0) is 35.7 Å². The number of ether oxygens (including phenoxy) is 1. The molecule has 0 amide bonds. The summed E-state index contributed by atoms with van der Waals surface area (Å²) in [6.07, 6.45) is 2.24. The van der Waals surface area contributed by atoms with Crippen molar-refractivity contribution in [2.24, 2.45) is 0 Å². The Morgan fingerprint density at radius 2 is 2.28 bits per heavy atom. The van der Waals surface area contributed by atoms with E-state index in [0.29, 0.717) is 5.92 Å². The minimum atomic E-state index is -0.0601. The fraction of sp³-hybridized carbons (Fsp3) is 0.692. The van der Waals surface area contributed by atoms with E-state index in [1.807, 2.05) is 6.07 Å². The lowest BCUT2D eigenvalue weighted by Crippen LogP contribution is -2.32. The van der Waals surface area contributed by atoms with Crippen LogP contribution in [0.1, 0.15) is 45.4 Å². The minimum absolute atomic E-state index is 0.0601. The van der Waals surface area contributed by atoms with Crippen molar-refractivity contribution < 1.29 is 4.74 Å². The van der Waals surface area contributed by atoms with Gasteiger partial charge in [0, 0.05) is 25.1 Å². The van der Waals surface area contributed by atoms with E-state index < -0.39 is 0 Å². The zero-order valence-electron chi connectivity index (χ0n) is 11.2. The zero-order valence-corrected chi connectivity index (χ0v) is 12.7. The van der Waals surface area contributed by atoms with E-state index >= 15 is 0 Å². The van der Waals surface area contributed by atoms with Crippen LogP contribution >= 0.6 is 15.9 Å². The van der Waals surface area contributed by atoms with Crippen LogP contribution in [-0.4, -0.2) is 28.7 Å². The molecular formula is C13H20BrN3O. The van der Waals surface area contributed by atoms with Crippen LogP contribution < -0.4 is 5.32 Å². The van der Waals surface area contributed by atoms with E-state index in [9.17, 15) is 0 Å². The highest BCUT2D eigenvalue weighted by Gasteiger charge is 2.29. The van der Waals surface area contributed by atoms with Gasteiger partial charge >= 0.3 is 0 Å². The Labute approximate surface area is 117 Å². The Morgan fingerprint density at radius 3 is 2.89 bits per heavy atom. The first-order valence-electron chi connectivity index (χ1n) is 6.41. The van der Waals surface area contributed by atoms with Crippen LogP contribution in [0, 0.1) is 0 Å². The smallest absolute Gasteiger partial charge is 0.134 e. The van der Waals surface area contributed by atoms with Crippen molar-refractivity contribution in [3.8, 4) is 0 Å². The third-order valence-corrected chi connectivity index (χ3v) is 3.58. The number of aromatic nitrogens is 2. The molecule has 0 spiro atoms. The Balaban J connectivity index is 2.04. The number of anilines is 1. The van der Waals surface area contributed by atoms with Gasteiger partial charge in [0.2, 0.25) is 0 Å². The molecule has 0 radical (unpaired) electrons. The van der Waals surface area contributed by atoms with Crippen molar-refractivity contribution in [2.75, 3.05) is 18.5 Å². The molecular weight excluding hydrogens is 294 g/mol. The maximum atomic E-state index is 5.75. The van der Waals surface area contributed by atoms with Crippen LogP contribution in [-0.2, 0) is 4.74 Å². The Kier molecular flexibility index (Phi) is 4.22. The molecule has 1 saturated heterocycles. The molecule has 4 nitrogen and oxygen atoms in total. The predicted octanol–water partition coefficient (Wildman–Crippen LogP) is 3.34. The molecule has 0 saturated carbocycles. The van der Waals surface area contributed by atoms with Crippen molar-refractivity contribution in [2.45, 2.75) is 45.1 Å². The van der Waals surface area contributed by atoms with E-state index in [1.165, 1.54) is 0 Å². The highest BCUT2D eigenvalue weighted by molar-refractivity contribution is 9.10. The summed E-state index contributed by atoms with van der Waals surface area (Å²) in [6.45, 7) is 7.98. The van der Waals surface area contributed by atoms with Gasteiger partial charge in [-0.2, -0.15) is 0 Å². The van der Waals surface area contributed by atoms with Crippen molar-refractivity contribution >= 4 is 21.7 Å². The summed E-state index contributed by atoms with van der Waals surface area (Å²) in [5.41, 5.74) is -0.0601. The van der Waals surface area contributed by atoms with Gasteiger partial charge in [-0.25, -0.2) is 9.97 Å². The number of halogens is 1. The van der Waals surface area contributed by atoms with Gasteiger partial charge in [-0.1, -0.05) is 13.8 Å². The molecule has 5 heteroatoms. The van der Waals surface area contributed by atoms with Crippen molar-refractivity contribution in [1.82, 2.24) is 9.97 Å². The van der Waals surface area contributed by atoms with Crippen molar-refractivity contribution in [3.63, 3.8) is 0 Å².